The van der Waals surface area contributed by atoms with Gasteiger partial charge in [-0.3, -0.25) is 0 Å². The molecular formula is C12H13ClN2O2. The van der Waals surface area contributed by atoms with E-state index in [1.54, 1.807) is 6.07 Å². The molecule has 0 amide bonds. The number of fused-ring (bicyclic) bond motifs is 1. The molecule has 1 atom stereocenters. The third-order valence-electron chi connectivity index (χ3n) is 3.17. The molecule has 2 aromatic heterocycles. The standard InChI is InChI=1S/C12H13ClN2O2/c13-11-3-2-10(17-11)9-6-15-5-8(7-16)1-4-12(15)14-9/h2-3,6,8,16H,1,4-5,7H2. The molecule has 0 bridgehead atoms. The predicted molar refractivity (Wildman–Crippen MR) is 63.8 cm³/mol. The number of hydrogen-bond donors (Lipinski definition) is 1. The highest BCUT2D eigenvalue weighted by Crippen LogP contribution is 2.27. The summed E-state index contributed by atoms with van der Waals surface area (Å²) in [5.41, 5.74) is 0.811. The second kappa shape index (κ2) is 4.20. The summed E-state index contributed by atoms with van der Waals surface area (Å²) in [6, 6.07) is 3.53. The molecular weight excluding hydrogens is 240 g/mol. The van der Waals surface area contributed by atoms with Gasteiger partial charge >= 0.3 is 0 Å². The fraction of sp³-hybridized carbons (Fsp3) is 0.417. The number of aryl methyl sites for hydroxylation is 1. The number of imidazole rings is 1. The lowest BCUT2D eigenvalue weighted by Crippen LogP contribution is -2.22. The molecule has 0 aromatic carbocycles. The van der Waals surface area contributed by atoms with Crippen LogP contribution in [0.5, 0.6) is 0 Å². The molecule has 3 heterocycles. The molecule has 4 nitrogen and oxygen atoms in total. The minimum atomic E-state index is 0.236. The Hall–Kier alpha value is -1.26. The second-order valence-electron chi connectivity index (χ2n) is 4.39. The molecule has 90 valence electrons. The maximum absolute atomic E-state index is 9.17. The summed E-state index contributed by atoms with van der Waals surface area (Å²) in [6.45, 7) is 1.06. The van der Waals surface area contributed by atoms with Crippen LogP contribution in [0.4, 0.5) is 0 Å². The van der Waals surface area contributed by atoms with Gasteiger partial charge in [-0.2, -0.15) is 0 Å². The first-order valence-electron chi connectivity index (χ1n) is 5.69. The Kier molecular flexibility index (Phi) is 2.68. The van der Waals surface area contributed by atoms with Gasteiger partial charge in [-0.05, 0) is 30.2 Å². The third kappa shape index (κ3) is 1.98. The van der Waals surface area contributed by atoms with Gasteiger partial charge in [0.05, 0.1) is 0 Å². The molecule has 17 heavy (non-hydrogen) atoms. The summed E-state index contributed by atoms with van der Waals surface area (Å²) in [7, 11) is 0. The summed E-state index contributed by atoms with van der Waals surface area (Å²) in [5.74, 6) is 2.08. The van der Waals surface area contributed by atoms with E-state index in [9.17, 15) is 5.11 Å². The van der Waals surface area contributed by atoms with Crippen LogP contribution in [-0.2, 0) is 13.0 Å². The number of rotatable bonds is 2. The lowest BCUT2D eigenvalue weighted by Gasteiger charge is -2.21. The van der Waals surface area contributed by atoms with Gasteiger partial charge in [-0.25, -0.2) is 4.98 Å². The Morgan fingerprint density at radius 1 is 1.53 bits per heavy atom. The van der Waals surface area contributed by atoms with E-state index >= 15 is 0 Å². The van der Waals surface area contributed by atoms with Crippen LogP contribution in [0.1, 0.15) is 12.2 Å². The van der Waals surface area contributed by atoms with E-state index in [1.165, 1.54) is 0 Å². The van der Waals surface area contributed by atoms with Crippen molar-refractivity contribution in [3.63, 3.8) is 0 Å². The van der Waals surface area contributed by atoms with Crippen LogP contribution in [0.3, 0.4) is 0 Å². The zero-order chi connectivity index (χ0) is 11.8. The van der Waals surface area contributed by atoms with Crippen molar-refractivity contribution in [1.82, 2.24) is 9.55 Å². The zero-order valence-corrected chi connectivity index (χ0v) is 10.0. The van der Waals surface area contributed by atoms with E-state index in [1.807, 2.05) is 12.3 Å². The van der Waals surface area contributed by atoms with Crippen LogP contribution >= 0.6 is 11.6 Å². The van der Waals surface area contributed by atoms with Crippen LogP contribution in [0, 0.1) is 5.92 Å². The molecule has 0 saturated carbocycles. The lowest BCUT2D eigenvalue weighted by atomic mass is 10.0. The third-order valence-corrected chi connectivity index (χ3v) is 3.38. The van der Waals surface area contributed by atoms with Gasteiger partial charge in [0.1, 0.15) is 11.5 Å². The average Bonchev–Trinajstić information content (AvgIpc) is 2.93. The molecule has 5 heteroatoms. The Morgan fingerprint density at radius 3 is 3.12 bits per heavy atom. The fourth-order valence-corrected chi connectivity index (χ4v) is 2.38. The first kappa shape index (κ1) is 10.9. The van der Waals surface area contributed by atoms with E-state index in [0.29, 0.717) is 16.9 Å². The number of aliphatic hydroxyl groups is 1. The number of aromatic nitrogens is 2. The SMILES string of the molecule is OCC1CCc2nc(-c3ccc(Cl)o3)cn2C1. The van der Waals surface area contributed by atoms with Gasteiger partial charge < -0.3 is 14.1 Å². The van der Waals surface area contributed by atoms with Crippen molar-refractivity contribution < 1.29 is 9.52 Å². The number of furan rings is 1. The van der Waals surface area contributed by atoms with Crippen molar-refractivity contribution in [3.05, 3.63) is 29.4 Å². The van der Waals surface area contributed by atoms with Crippen molar-refractivity contribution in [2.45, 2.75) is 19.4 Å². The van der Waals surface area contributed by atoms with Crippen LogP contribution in [-0.4, -0.2) is 21.3 Å². The van der Waals surface area contributed by atoms with Crippen molar-refractivity contribution in [2.24, 2.45) is 5.92 Å². The maximum Gasteiger partial charge on any atom is 0.194 e. The van der Waals surface area contributed by atoms with Crippen LogP contribution < -0.4 is 0 Å². The summed E-state index contributed by atoms with van der Waals surface area (Å²) in [5, 5.41) is 9.55. The number of aliphatic hydroxyl groups excluding tert-OH is 1. The average molecular weight is 253 g/mol. The van der Waals surface area contributed by atoms with E-state index in [4.69, 9.17) is 16.0 Å². The van der Waals surface area contributed by atoms with Gasteiger partial charge in [0.25, 0.3) is 0 Å². The Morgan fingerprint density at radius 2 is 2.41 bits per heavy atom. The highest BCUT2D eigenvalue weighted by molar-refractivity contribution is 6.28. The minimum Gasteiger partial charge on any atom is -0.443 e. The largest absolute Gasteiger partial charge is 0.443 e. The molecule has 1 aliphatic heterocycles. The van der Waals surface area contributed by atoms with Crippen molar-refractivity contribution >= 4 is 11.6 Å². The second-order valence-corrected chi connectivity index (χ2v) is 4.76. The quantitative estimate of drug-likeness (QED) is 0.893. The first-order chi connectivity index (χ1) is 8.26. The molecule has 0 spiro atoms. The Labute approximate surface area is 104 Å². The number of halogens is 1. The van der Waals surface area contributed by atoms with Gasteiger partial charge in [0, 0.05) is 31.7 Å². The highest BCUT2D eigenvalue weighted by atomic mass is 35.5. The van der Waals surface area contributed by atoms with Gasteiger partial charge in [0.15, 0.2) is 11.0 Å². The normalized spacial score (nSPS) is 19.3. The van der Waals surface area contributed by atoms with Crippen molar-refractivity contribution in [1.29, 1.82) is 0 Å². The molecule has 1 N–H and O–H groups in total. The number of hydrogen-bond acceptors (Lipinski definition) is 3. The lowest BCUT2D eigenvalue weighted by molar-refractivity contribution is 0.190. The van der Waals surface area contributed by atoms with Crippen molar-refractivity contribution in [2.75, 3.05) is 6.61 Å². The van der Waals surface area contributed by atoms with E-state index in [2.05, 4.69) is 9.55 Å². The Balaban J connectivity index is 1.92. The van der Waals surface area contributed by atoms with Gasteiger partial charge in [-0.15, -0.1) is 0 Å². The molecule has 0 fully saturated rings. The zero-order valence-electron chi connectivity index (χ0n) is 9.27. The van der Waals surface area contributed by atoms with E-state index in [0.717, 1.165) is 30.9 Å². The summed E-state index contributed by atoms with van der Waals surface area (Å²) in [4.78, 5) is 4.53. The van der Waals surface area contributed by atoms with Crippen molar-refractivity contribution in [3.8, 4) is 11.5 Å². The number of nitrogens with zero attached hydrogens (tertiary/aromatic N) is 2. The maximum atomic E-state index is 9.17. The van der Waals surface area contributed by atoms with Gasteiger partial charge in [0.2, 0.25) is 0 Å². The first-order valence-corrected chi connectivity index (χ1v) is 6.06. The summed E-state index contributed by atoms with van der Waals surface area (Å²) < 4.78 is 7.43. The van der Waals surface area contributed by atoms with E-state index < -0.39 is 0 Å². The monoisotopic (exact) mass is 252 g/mol. The predicted octanol–water partition coefficient (Wildman–Crippen LogP) is 2.35. The molecule has 1 unspecified atom stereocenters. The molecule has 0 aliphatic carbocycles. The molecule has 0 radical (unpaired) electrons. The fourth-order valence-electron chi connectivity index (χ4n) is 2.23. The van der Waals surface area contributed by atoms with Crippen LogP contribution in [0.15, 0.2) is 22.7 Å². The molecule has 2 aromatic rings. The topological polar surface area (TPSA) is 51.2 Å². The molecule has 1 aliphatic rings. The minimum absolute atomic E-state index is 0.236. The molecule has 3 rings (SSSR count). The van der Waals surface area contributed by atoms with Crippen LogP contribution in [0.25, 0.3) is 11.5 Å². The van der Waals surface area contributed by atoms with Crippen LogP contribution in [0.2, 0.25) is 5.22 Å². The van der Waals surface area contributed by atoms with E-state index in [-0.39, 0.29) is 6.61 Å². The highest BCUT2D eigenvalue weighted by Gasteiger charge is 2.20. The smallest absolute Gasteiger partial charge is 0.194 e. The Bertz CT molecular complexity index is 532. The summed E-state index contributed by atoms with van der Waals surface area (Å²) >= 11 is 5.75. The summed E-state index contributed by atoms with van der Waals surface area (Å²) in [6.07, 6.45) is 3.86. The molecule has 0 saturated heterocycles. The van der Waals surface area contributed by atoms with Gasteiger partial charge in [-0.1, -0.05) is 0 Å².